The molecule has 0 saturated carbocycles. The maximum atomic E-state index is 11.6. The Morgan fingerprint density at radius 1 is 1.38 bits per heavy atom. The number of ether oxygens (including phenoxy) is 1. The first-order valence-corrected chi connectivity index (χ1v) is 5.58. The molecule has 0 fully saturated rings. The van der Waals surface area contributed by atoms with Gasteiger partial charge in [0, 0.05) is 19.6 Å². The second-order valence-corrected chi connectivity index (χ2v) is 3.82. The first-order valence-electron chi connectivity index (χ1n) is 5.58. The van der Waals surface area contributed by atoms with Crippen molar-refractivity contribution in [3.8, 4) is 0 Å². The van der Waals surface area contributed by atoms with Crippen LogP contribution in [0.3, 0.4) is 0 Å². The van der Waals surface area contributed by atoms with Gasteiger partial charge in [0.1, 0.15) is 6.54 Å². The number of likely N-dealkylation sites (N-methyl/N-ethyl adjacent to an activating group) is 1. The molecule has 5 nitrogen and oxygen atoms in total. The average molecular weight is 231 g/mol. The third-order valence-electron chi connectivity index (χ3n) is 2.05. The highest BCUT2D eigenvalue weighted by Gasteiger charge is 2.14. The van der Waals surface area contributed by atoms with Gasteiger partial charge < -0.3 is 14.7 Å². The Bertz CT molecular complexity index is 228. The van der Waals surface area contributed by atoms with E-state index in [9.17, 15) is 9.59 Å². The van der Waals surface area contributed by atoms with Crippen molar-refractivity contribution in [2.75, 3.05) is 19.7 Å². The molecule has 16 heavy (non-hydrogen) atoms. The summed E-state index contributed by atoms with van der Waals surface area (Å²) < 4.78 is 5.30. The van der Waals surface area contributed by atoms with Gasteiger partial charge in [0.25, 0.3) is 0 Å². The molecule has 0 aromatic carbocycles. The molecule has 0 aliphatic heterocycles. The Hall–Kier alpha value is -1.10. The van der Waals surface area contributed by atoms with Crippen molar-refractivity contribution in [3.63, 3.8) is 0 Å². The number of carbonyl (C=O) groups excluding carboxylic acids is 1. The molecule has 1 amide bonds. The van der Waals surface area contributed by atoms with Crippen LogP contribution in [0.5, 0.6) is 0 Å². The third-order valence-corrected chi connectivity index (χ3v) is 2.05. The highest BCUT2D eigenvalue weighted by molar-refractivity contribution is 5.81. The quantitative estimate of drug-likeness (QED) is 0.636. The molecule has 0 rings (SSSR count). The maximum Gasteiger partial charge on any atom is 0.323 e. The first kappa shape index (κ1) is 14.9. The standard InChI is InChI=1S/C11H21NO4/c1-4-12(8-11(14)15)10(13)6-5-7-16-9(2)3/h9H,4-8H2,1-3H3,(H,14,15). The minimum atomic E-state index is -0.978. The Morgan fingerprint density at radius 2 is 2.00 bits per heavy atom. The molecule has 0 saturated heterocycles. The van der Waals surface area contributed by atoms with Crippen LogP contribution in [-0.4, -0.2) is 47.7 Å². The second kappa shape index (κ2) is 8.10. The first-order chi connectivity index (χ1) is 7.47. The SMILES string of the molecule is CCN(CC(=O)O)C(=O)CCCOC(C)C. The van der Waals surface area contributed by atoms with Crippen LogP contribution in [0.1, 0.15) is 33.6 Å². The van der Waals surface area contributed by atoms with Crippen molar-refractivity contribution in [2.45, 2.75) is 39.7 Å². The van der Waals surface area contributed by atoms with Crippen molar-refractivity contribution >= 4 is 11.9 Å². The Morgan fingerprint density at radius 3 is 2.44 bits per heavy atom. The number of carbonyl (C=O) groups is 2. The largest absolute Gasteiger partial charge is 0.480 e. The fourth-order valence-corrected chi connectivity index (χ4v) is 1.24. The topological polar surface area (TPSA) is 66.8 Å². The van der Waals surface area contributed by atoms with E-state index in [0.717, 1.165) is 0 Å². The zero-order chi connectivity index (χ0) is 12.6. The van der Waals surface area contributed by atoms with E-state index in [1.54, 1.807) is 6.92 Å². The lowest BCUT2D eigenvalue weighted by atomic mass is 10.3. The Balaban J connectivity index is 3.80. The van der Waals surface area contributed by atoms with Crippen molar-refractivity contribution in [1.29, 1.82) is 0 Å². The maximum absolute atomic E-state index is 11.6. The van der Waals surface area contributed by atoms with Crippen molar-refractivity contribution in [1.82, 2.24) is 4.90 Å². The number of carboxylic acid groups (broad SMARTS) is 1. The summed E-state index contributed by atoms with van der Waals surface area (Å²) in [6, 6.07) is 0. The predicted octanol–water partition coefficient (Wildman–Crippen LogP) is 1.12. The molecule has 0 radical (unpaired) electrons. The molecule has 5 heteroatoms. The monoisotopic (exact) mass is 231 g/mol. The van der Waals surface area contributed by atoms with Gasteiger partial charge in [-0.3, -0.25) is 9.59 Å². The average Bonchev–Trinajstić information content (AvgIpc) is 2.20. The lowest BCUT2D eigenvalue weighted by Gasteiger charge is -2.18. The minimum Gasteiger partial charge on any atom is -0.480 e. The van der Waals surface area contributed by atoms with Crippen molar-refractivity contribution in [3.05, 3.63) is 0 Å². The zero-order valence-corrected chi connectivity index (χ0v) is 10.2. The van der Waals surface area contributed by atoms with Crippen LogP contribution in [0, 0.1) is 0 Å². The van der Waals surface area contributed by atoms with E-state index in [2.05, 4.69) is 0 Å². The number of hydrogen-bond acceptors (Lipinski definition) is 3. The summed E-state index contributed by atoms with van der Waals surface area (Å²) in [6.45, 7) is 6.38. The number of aliphatic carboxylic acids is 1. The minimum absolute atomic E-state index is 0.128. The predicted molar refractivity (Wildman–Crippen MR) is 60.2 cm³/mol. The van der Waals surface area contributed by atoms with Crippen LogP contribution in [-0.2, 0) is 14.3 Å². The molecule has 94 valence electrons. The molecule has 0 aromatic heterocycles. The molecule has 0 unspecified atom stereocenters. The van der Waals surface area contributed by atoms with E-state index in [1.807, 2.05) is 13.8 Å². The van der Waals surface area contributed by atoms with Gasteiger partial charge in [-0.1, -0.05) is 0 Å². The van der Waals surface area contributed by atoms with Crippen LogP contribution in [0.25, 0.3) is 0 Å². The highest BCUT2D eigenvalue weighted by Crippen LogP contribution is 2.00. The van der Waals surface area contributed by atoms with E-state index < -0.39 is 5.97 Å². The Kier molecular flexibility index (Phi) is 7.54. The van der Waals surface area contributed by atoms with Gasteiger partial charge >= 0.3 is 5.97 Å². The highest BCUT2D eigenvalue weighted by atomic mass is 16.5. The van der Waals surface area contributed by atoms with Crippen LogP contribution < -0.4 is 0 Å². The third kappa shape index (κ3) is 7.23. The van der Waals surface area contributed by atoms with Crippen LogP contribution in [0.2, 0.25) is 0 Å². The summed E-state index contributed by atoms with van der Waals surface area (Å²) in [5.74, 6) is -1.11. The number of amides is 1. The normalized spacial score (nSPS) is 10.5. The smallest absolute Gasteiger partial charge is 0.323 e. The van der Waals surface area contributed by atoms with E-state index in [-0.39, 0.29) is 18.6 Å². The molecule has 0 heterocycles. The molecule has 1 N–H and O–H groups in total. The summed E-state index contributed by atoms with van der Waals surface area (Å²) in [4.78, 5) is 23.4. The molecule has 0 aliphatic rings. The van der Waals surface area contributed by atoms with Crippen molar-refractivity contribution < 1.29 is 19.4 Å². The molecule has 0 bridgehead atoms. The Labute approximate surface area is 96.4 Å². The fourth-order valence-electron chi connectivity index (χ4n) is 1.24. The summed E-state index contributed by atoms with van der Waals surface area (Å²) in [6.07, 6.45) is 1.14. The van der Waals surface area contributed by atoms with Gasteiger partial charge in [0.05, 0.1) is 6.10 Å². The number of nitrogens with zero attached hydrogens (tertiary/aromatic N) is 1. The zero-order valence-electron chi connectivity index (χ0n) is 10.2. The summed E-state index contributed by atoms with van der Waals surface area (Å²) in [5.41, 5.74) is 0. The van der Waals surface area contributed by atoms with E-state index in [0.29, 0.717) is 26.0 Å². The second-order valence-electron chi connectivity index (χ2n) is 3.82. The summed E-state index contributed by atoms with van der Waals surface area (Å²) in [5, 5.41) is 8.59. The van der Waals surface area contributed by atoms with Gasteiger partial charge in [-0.05, 0) is 27.2 Å². The lowest BCUT2D eigenvalue weighted by Crippen LogP contribution is -2.35. The van der Waals surface area contributed by atoms with Crippen LogP contribution in [0.4, 0.5) is 0 Å². The molecular weight excluding hydrogens is 210 g/mol. The molecule has 0 aliphatic carbocycles. The fraction of sp³-hybridized carbons (Fsp3) is 0.818. The van der Waals surface area contributed by atoms with Gasteiger partial charge in [-0.25, -0.2) is 0 Å². The van der Waals surface area contributed by atoms with Gasteiger partial charge in [-0.15, -0.1) is 0 Å². The molecule has 0 aromatic rings. The van der Waals surface area contributed by atoms with E-state index in [4.69, 9.17) is 9.84 Å². The van der Waals surface area contributed by atoms with E-state index >= 15 is 0 Å². The van der Waals surface area contributed by atoms with Gasteiger partial charge in [-0.2, -0.15) is 0 Å². The van der Waals surface area contributed by atoms with E-state index in [1.165, 1.54) is 4.90 Å². The summed E-state index contributed by atoms with van der Waals surface area (Å²) in [7, 11) is 0. The van der Waals surface area contributed by atoms with Crippen molar-refractivity contribution in [2.24, 2.45) is 0 Å². The molecular formula is C11H21NO4. The van der Waals surface area contributed by atoms with Gasteiger partial charge in [0.15, 0.2) is 0 Å². The van der Waals surface area contributed by atoms with Gasteiger partial charge in [0.2, 0.25) is 5.91 Å². The summed E-state index contributed by atoms with van der Waals surface area (Å²) >= 11 is 0. The number of rotatable bonds is 8. The molecule has 0 atom stereocenters. The van der Waals surface area contributed by atoms with Crippen LogP contribution >= 0.6 is 0 Å². The lowest BCUT2D eigenvalue weighted by molar-refractivity contribution is -0.144. The number of carboxylic acids is 1. The van der Waals surface area contributed by atoms with Crippen LogP contribution in [0.15, 0.2) is 0 Å². The number of hydrogen-bond donors (Lipinski definition) is 1. The molecule has 0 spiro atoms.